The maximum atomic E-state index is 13.4. The summed E-state index contributed by atoms with van der Waals surface area (Å²) in [5, 5.41) is 0. The van der Waals surface area contributed by atoms with Gasteiger partial charge in [0.05, 0.1) is 20.3 Å². The SMILES string of the molecule is COc1cc(CN(Cc2cccnc2)C(=O)c2ccc(C)cc2)ccc1OC1CCOC1. The van der Waals surface area contributed by atoms with Crippen LogP contribution in [0.2, 0.25) is 0 Å². The second kappa shape index (κ2) is 10.3. The van der Waals surface area contributed by atoms with Crippen molar-refractivity contribution in [1.82, 2.24) is 9.88 Å². The van der Waals surface area contributed by atoms with Crippen molar-refractivity contribution in [3.63, 3.8) is 0 Å². The van der Waals surface area contributed by atoms with Gasteiger partial charge in [-0.1, -0.05) is 29.8 Å². The van der Waals surface area contributed by atoms with Gasteiger partial charge >= 0.3 is 0 Å². The van der Waals surface area contributed by atoms with Gasteiger partial charge in [-0.15, -0.1) is 0 Å². The molecule has 2 heterocycles. The van der Waals surface area contributed by atoms with E-state index in [1.54, 1.807) is 19.5 Å². The van der Waals surface area contributed by atoms with E-state index < -0.39 is 0 Å². The third-order valence-electron chi connectivity index (χ3n) is 5.46. The third kappa shape index (κ3) is 5.45. The maximum Gasteiger partial charge on any atom is 0.254 e. The molecular formula is C26H28N2O4. The molecule has 0 bridgehead atoms. The molecule has 6 nitrogen and oxygen atoms in total. The topological polar surface area (TPSA) is 60.9 Å². The molecule has 0 spiro atoms. The van der Waals surface area contributed by atoms with E-state index in [0.29, 0.717) is 36.8 Å². The highest BCUT2D eigenvalue weighted by Gasteiger charge is 2.21. The van der Waals surface area contributed by atoms with Crippen LogP contribution in [-0.4, -0.2) is 42.2 Å². The van der Waals surface area contributed by atoms with Crippen molar-refractivity contribution in [1.29, 1.82) is 0 Å². The summed E-state index contributed by atoms with van der Waals surface area (Å²) in [5.41, 5.74) is 3.71. The van der Waals surface area contributed by atoms with Crippen LogP contribution in [0.3, 0.4) is 0 Å². The van der Waals surface area contributed by atoms with Gasteiger partial charge < -0.3 is 19.1 Å². The lowest BCUT2D eigenvalue weighted by molar-refractivity contribution is 0.0729. The number of amides is 1. The largest absolute Gasteiger partial charge is 0.493 e. The molecule has 166 valence electrons. The van der Waals surface area contributed by atoms with E-state index in [-0.39, 0.29) is 12.0 Å². The number of pyridine rings is 1. The Morgan fingerprint density at radius 1 is 1.09 bits per heavy atom. The Kier molecular flexibility index (Phi) is 7.02. The summed E-state index contributed by atoms with van der Waals surface area (Å²) in [6.45, 7) is 4.21. The van der Waals surface area contributed by atoms with E-state index in [4.69, 9.17) is 14.2 Å². The first-order chi connectivity index (χ1) is 15.6. The lowest BCUT2D eigenvalue weighted by atomic mass is 10.1. The maximum absolute atomic E-state index is 13.4. The van der Waals surface area contributed by atoms with E-state index >= 15 is 0 Å². The number of aromatic nitrogens is 1. The quantitative estimate of drug-likeness (QED) is 0.528. The van der Waals surface area contributed by atoms with Crippen LogP contribution in [0.5, 0.6) is 11.5 Å². The molecule has 1 aliphatic heterocycles. The average Bonchev–Trinajstić information content (AvgIpc) is 3.33. The van der Waals surface area contributed by atoms with Crippen LogP contribution in [0.1, 0.15) is 33.5 Å². The van der Waals surface area contributed by atoms with E-state index in [9.17, 15) is 4.79 Å². The average molecular weight is 433 g/mol. The number of hydrogen-bond donors (Lipinski definition) is 0. The van der Waals surface area contributed by atoms with Crippen molar-refractivity contribution in [3.8, 4) is 11.5 Å². The minimum absolute atomic E-state index is 0.0312. The van der Waals surface area contributed by atoms with E-state index in [1.807, 2.05) is 66.4 Å². The van der Waals surface area contributed by atoms with Gasteiger partial charge in [-0.25, -0.2) is 0 Å². The van der Waals surface area contributed by atoms with E-state index in [2.05, 4.69) is 4.98 Å². The molecule has 0 N–H and O–H groups in total. The first-order valence-electron chi connectivity index (χ1n) is 10.8. The first kappa shape index (κ1) is 21.8. The number of benzene rings is 2. The van der Waals surface area contributed by atoms with Crippen molar-refractivity contribution >= 4 is 5.91 Å². The summed E-state index contributed by atoms with van der Waals surface area (Å²) >= 11 is 0. The van der Waals surface area contributed by atoms with Crippen molar-refractivity contribution in [3.05, 3.63) is 89.2 Å². The highest BCUT2D eigenvalue weighted by molar-refractivity contribution is 5.94. The van der Waals surface area contributed by atoms with Crippen molar-refractivity contribution in [2.24, 2.45) is 0 Å². The summed E-state index contributed by atoms with van der Waals surface area (Å²) in [7, 11) is 1.63. The van der Waals surface area contributed by atoms with Gasteiger partial charge in [0.15, 0.2) is 11.5 Å². The van der Waals surface area contributed by atoms with Gasteiger partial charge in [0.2, 0.25) is 0 Å². The number of nitrogens with zero attached hydrogens (tertiary/aromatic N) is 2. The Morgan fingerprint density at radius 2 is 1.91 bits per heavy atom. The van der Waals surface area contributed by atoms with Gasteiger partial charge in [0.25, 0.3) is 5.91 Å². The Labute approximate surface area is 188 Å². The smallest absolute Gasteiger partial charge is 0.254 e. The Bertz CT molecular complexity index is 1030. The Balaban J connectivity index is 1.56. The van der Waals surface area contributed by atoms with Crippen molar-refractivity contribution < 1.29 is 19.0 Å². The summed E-state index contributed by atoms with van der Waals surface area (Å²) in [4.78, 5) is 19.4. The van der Waals surface area contributed by atoms with Crippen LogP contribution in [-0.2, 0) is 17.8 Å². The van der Waals surface area contributed by atoms with Gasteiger partial charge in [0, 0.05) is 37.5 Å². The number of rotatable bonds is 8. The van der Waals surface area contributed by atoms with E-state index in [1.165, 1.54) is 0 Å². The first-order valence-corrected chi connectivity index (χ1v) is 10.8. The number of carbonyl (C=O) groups excluding carboxylic acids is 1. The predicted octanol–water partition coefficient (Wildman–Crippen LogP) is 4.41. The monoisotopic (exact) mass is 432 g/mol. The van der Waals surface area contributed by atoms with Gasteiger partial charge in [-0.05, 0) is 48.4 Å². The fourth-order valence-electron chi connectivity index (χ4n) is 3.70. The highest BCUT2D eigenvalue weighted by atomic mass is 16.6. The Morgan fingerprint density at radius 3 is 2.59 bits per heavy atom. The number of aryl methyl sites for hydroxylation is 1. The molecule has 32 heavy (non-hydrogen) atoms. The van der Waals surface area contributed by atoms with Crippen LogP contribution >= 0.6 is 0 Å². The summed E-state index contributed by atoms with van der Waals surface area (Å²) in [6.07, 6.45) is 4.43. The second-order valence-corrected chi connectivity index (χ2v) is 7.98. The lowest BCUT2D eigenvalue weighted by Crippen LogP contribution is -2.30. The zero-order chi connectivity index (χ0) is 22.3. The van der Waals surface area contributed by atoms with Gasteiger partial charge in [-0.2, -0.15) is 0 Å². The fraction of sp³-hybridized carbons (Fsp3) is 0.308. The third-order valence-corrected chi connectivity index (χ3v) is 5.46. The molecule has 1 saturated heterocycles. The molecule has 1 amide bonds. The van der Waals surface area contributed by atoms with Gasteiger partial charge in [-0.3, -0.25) is 9.78 Å². The van der Waals surface area contributed by atoms with Gasteiger partial charge in [0.1, 0.15) is 6.10 Å². The molecule has 0 radical (unpaired) electrons. The zero-order valence-corrected chi connectivity index (χ0v) is 18.5. The molecule has 1 unspecified atom stereocenters. The number of carbonyl (C=O) groups is 1. The predicted molar refractivity (Wildman–Crippen MR) is 122 cm³/mol. The highest BCUT2D eigenvalue weighted by Crippen LogP contribution is 2.31. The molecule has 0 saturated carbocycles. The summed E-state index contributed by atoms with van der Waals surface area (Å²) in [5.74, 6) is 1.31. The standard InChI is InChI=1S/C26H28N2O4/c1-19-5-8-22(9-6-19)26(29)28(17-21-4-3-12-27-15-21)16-20-7-10-24(25(14-20)30-2)32-23-11-13-31-18-23/h3-10,12,14-15,23H,11,13,16-18H2,1-2H3. The number of methoxy groups -OCH3 is 1. The molecule has 1 atom stereocenters. The number of ether oxygens (including phenoxy) is 3. The minimum atomic E-state index is -0.0312. The van der Waals surface area contributed by atoms with Crippen molar-refractivity contribution in [2.45, 2.75) is 32.5 Å². The lowest BCUT2D eigenvalue weighted by Gasteiger charge is -2.24. The van der Waals surface area contributed by atoms with Crippen LogP contribution in [0.4, 0.5) is 0 Å². The van der Waals surface area contributed by atoms with Crippen LogP contribution in [0.15, 0.2) is 67.0 Å². The van der Waals surface area contributed by atoms with Crippen molar-refractivity contribution in [2.75, 3.05) is 20.3 Å². The molecule has 4 rings (SSSR count). The zero-order valence-electron chi connectivity index (χ0n) is 18.5. The van der Waals surface area contributed by atoms with Crippen LogP contribution in [0.25, 0.3) is 0 Å². The summed E-state index contributed by atoms with van der Waals surface area (Å²) < 4.78 is 17.0. The molecule has 1 aliphatic rings. The van der Waals surface area contributed by atoms with E-state index in [0.717, 1.165) is 29.7 Å². The molecule has 0 aliphatic carbocycles. The van der Waals surface area contributed by atoms with Crippen LogP contribution in [0, 0.1) is 6.92 Å². The molecular weight excluding hydrogens is 404 g/mol. The molecule has 6 heteroatoms. The molecule has 1 aromatic heterocycles. The molecule has 1 fully saturated rings. The fourth-order valence-corrected chi connectivity index (χ4v) is 3.70. The normalized spacial score (nSPS) is 15.4. The molecule has 2 aromatic carbocycles. The Hall–Kier alpha value is -3.38. The second-order valence-electron chi connectivity index (χ2n) is 7.98. The number of hydrogen-bond acceptors (Lipinski definition) is 5. The van der Waals surface area contributed by atoms with Crippen LogP contribution < -0.4 is 9.47 Å². The minimum Gasteiger partial charge on any atom is -0.493 e. The molecule has 3 aromatic rings. The summed E-state index contributed by atoms with van der Waals surface area (Å²) in [6, 6.07) is 17.3.